The highest BCUT2D eigenvalue weighted by Gasteiger charge is 2.30. The van der Waals surface area contributed by atoms with Gasteiger partial charge in [-0.3, -0.25) is 4.72 Å². The number of halogens is 2. The Morgan fingerprint density at radius 1 is 1.12 bits per heavy atom. The Kier molecular flexibility index (Phi) is 4.28. The molecule has 0 bridgehead atoms. The lowest BCUT2D eigenvalue weighted by molar-refractivity contribution is 0.158. The predicted octanol–water partition coefficient (Wildman–Crippen LogP) is 3.81. The summed E-state index contributed by atoms with van der Waals surface area (Å²) >= 11 is 0. The molecule has 0 unspecified atom stereocenters. The normalized spacial score (nSPS) is 15.4. The summed E-state index contributed by atoms with van der Waals surface area (Å²) < 4.78 is 57.7. The summed E-state index contributed by atoms with van der Waals surface area (Å²) in [5.41, 5.74) is 1.34. The first kappa shape index (κ1) is 17.4. The summed E-state index contributed by atoms with van der Waals surface area (Å²) in [4.78, 5) is 0. The van der Waals surface area contributed by atoms with E-state index >= 15 is 0 Å². The summed E-state index contributed by atoms with van der Waals surface area (Å²) in [6, 6.07) is 7.24. The third kappa shape index (κ3) is 3.37. The van der Waals surface area contributed by atoms with Crippen LogP contribution in [0.3, 0.4) is 0 Å². The zero-order chi connectivity index (χ0) is 18.4. The molecule has 0 atom stereocenters. The Bertz CT molecular complexity index is 940. The maximum Gasteiger partial charge on any atom is 0.222 e. The number of benzene rings is 2. The van der Waals surface area contributed by atoms with Crippen LogP contribution in [0.1, 0.15) is 30.5 Å². The molecule has 4 nitrogen and oxygen atoms in total. The molecule has 1 aliphatic heterocycles. The van der Waals surface area contributed by atoms with Gasteiger partial charge in [-0.1, -0.05) is 12.1 Å². The van der Waals surface area contributed by atoms with Crippen LogP contribution in [0.15, 0.2) is 36.4 Å². The summed E-state index contributed by atoms with van der Waals surface area (Å²) in [5, 5.41) is 0. The highest BCUT2D eigenvalue weighted by atomic mass is 32.2. The van der Waals surface area contributed by atoms with Crippen molar-refractivity contribution in [3.8, 4) is 5.75 Å². The number of fused-ring (bicyclic) bond motifs is 1. The molecular formula is C18H17F2NO3S. The van der Waals surface area contributed by atoms with Crippen molar-refractivity contribution in [3.05, 3.63) is 64.7 Å². The zero-order valence-electron chi connectivity index (χ0n) is 13.9. The minimum absolute atomic E-state index is 0.163. The smallest absolute Gasteiger partial charge is 0.222 e. The predicted molar refractivity (Wildman–Crippen MR) is 93.3 cm³/mol. The third-order valence-corrected chi connectivity index (χ3v) is 4.39. The monoisotopic (exact) mass is 365 g/mol. The standard InChI is InChI=1S/C18H17F2NO3S/c1-10-16-13(11-4-6-12(19)7-5-11)9-18(2,3)24-15(16)8-14(17(10)20)21-25(22)23/h4-9,25H,1-3H3,(H,21,22,23). The second-order valence-corrected chi connectivity index (χ2v) is 7.11. The highest BCUT2D eigenvalue weighted by molar-refractivity contribution is 7.73. The average molecular weight is 365 g/mol. The molecule has 0 saturated carbocycles. The van der Waals surface area contributed by atoms with Crippen molar-refractivity contribution < 1.29 is 21.9 Å². The van der Waals surface area contributed by atoms with Crippen molar-refractivity contribution in [2.45, 2.75) is 26.4 Å². The van der Waals surface area contributed by atoms with Crippen LogP contribution in [0.4, 0.5) is 14.5 Å². The minimum Gasteiger partial charge on any atom is -0.483 e. The van der Waals surface area contributed by atoms with E-state index in [1.165, 1.54) is 18.2 Å². The molecule has 1 aliphatic rings. The van der Waals surface area contributed by atoms with Crippen LogP contribution < -0.4 is 9.46 Å². The molecular weight excluding hydrogens is 348 g/mol. The molecule has 132 valence electrons. The van der Waals surface area contributed by atoms with E-state index in [9.17, 15) is 17.2 Å². The van der Waals surface area contributed by atoms with Gasteiger partial charge in [-0.05, 0) is 55.7 Å². The van der Waals surface area contributed by atoms with Crippen LogP contribution in [0, 0.1) is 18.6 Å². The number of rotatable bonds is 3. The van der Waals surface area contributed by atoms with Crippen molar-refractivity contribution >= 4 is 22.2 Å². The van der Waals surface area contributed by atoms with E-state index in [4.69, 9.17) is 4.74 Å². The van der Waals surface area contributed by atoms with E-state index in [0.717, 1.165) is 5.56 Å². The van der Waals surface area contributed by atoms with Crippen molar-refractivity contribution in [3.63, 3.8) is 0 Å². The van der Waals surface area contributed by atoms with Crippen molar-refractivity contribution in [2.24, 2.45) is 0 Å². The zero-order valence-corrected chi connectivity index (χ0v) is 14.8. The molecule has 1 heterocycles. The molecule has 0 saturated heterocycles. The molecule has 0 fully saturated rings. The Morgan fingerprint density at radius 2 is 1.76 bits per heavy atom. The molecule has 0 spiro atoms. The quantitative estimate of drug-likeness (QED) is 0.813. The maximum atomic E-state index is 14.6. The van der Waals surface area contributed by atoms with Gasteiger partial charge in [0.15, 0.2) is 5.82 Å². The first-order valence-electron chi connectivity index (χ1n) is 7.60. The fraction of sp³-hybridized carbons (Fsp3) is 0.222. The van der Waals surface area contributed by atoms with Gasteiger partial charge in [0.05, 0.1) is 5.69 Å². The van der Waals surface area contributed by atoms with Crippen LogP contribution in [0.2, 0.25) is 0 Å². The second kappa shape index (κ2) is 6.15. The fourth-order valence-electron chi connectivity index (χ4n) is 2.95. The van der Waals surface area contributed by atoms with E-state index in [0.29, 0.717) is 16.9 Å². The number of hydrogen-bond acceptors (Lipinski definition) is 3. The van der Waals surface area contributed by atoms with Gasteiger partial charge in [0.2, 0.25) is 10.9 Å². The van der Waals surface area contributed by atoms with Crippen molar-refractivity contribution in [2.75, 3.05) is 4.72 Å². The van der Waals surface area contributed by atoms with E-state index in [-0.39, 0.29) is 17.1 Å². The van der Waals surface area contributed by atoms with Crippen molar-refractivity contribution in [1.29, 1.82) is 0 Å². The number of nitrogens with one attached hydrogen (secondary N) is 1. The Balaban J connectivity index is 2.24. The average Bonchev–Trinajstić information content (AvgIpc) is 2.51. The Morgan fingerprint density at radius 3 is 2.36 bits per heavy atom. The molecule has 1 N–H and O–H groups in total. The van der Waals surface area contributed by atoms with Crippen molar-refractivity contribution in [1.82, 2.24) is 0 Å². The lowest BCUT2D eigenvalue weighted by Crippen LogP contribution is -2.29. The van der Waals surface area contributed by atoms with Gasteiger partial charge in [-0.15, -0.1) is 0 Å². The molecule has 0 aromatic heterocycles. The van der Waals surface area contributed by atoms with Gasteiger partial charge in [0, 0.05) is 11.6 Å². The summed E-state index contributed by atoms with van der Waals surface area (Å²) in [5.74, 6) is -0.670. The largest absolute Gasteiger partial charge is 0.483 e. The maximum absolute atomic E-state index is 14.6. The molecule has 0 aliphatic carbocycles. The lowest BCUT2D eigenvalue weighted by Gasteiger charge is -2.33. The molecule has 2 aromatic rings. The van der Waals surface area contributed by atoms with Gasteiger partial charge < -0.3 is 4.74 Å². The molecule has 25 heavy (non-hydrogen) atoms. The first-order valence-corrected chi connectivity index (χ1v) is 8.78. The van der Waals surface area contributed by atoms with E-state index in [1.54, 1.807) is 19.1 Å². The number of ether oxygens (including phenoxy) is 1. The van der Waals surface area contributed by atoms with E-state index in [1.807, 2.05) is 19.9 Å². The fourth-order valence-corrected chi connectivity index (χ4v) is 3.31. The second-order valence-electron chi connectivity index (χ2n) is 6.38. The summed E-state index contributed by atoms with van der Waals surface area (Å²) in [6.07, 6.45) is 1.84. The summed E-state index contributed by atoms with van der Waals surface area (Å²) in [6.45, 7) is 5.22. The number of hydrogen-bond donors (Lipinski definition) is 2. The van der Waals surface area contributed by atoms with Gasteiger partial charge >= 0.3 is 0 Å². The first-order chi connectivity index (χ1) is 11.7. The number of anilines is 1. The Hall–Kier alpha value is -2.41. The van der Waals surface area contributed by atoms with Crippen LogP contribution in [0.5, 0.6) is 5.75 Å². The SMILES string of the molecule is Cc1c(F)c(N[SH](=O)=O)cc2c1C(c1ccc(F)cc1)=CC(C)(C)O2. The van der Waals surface area contributed by atoms with E-state index in [2.05, 4.69) is 4.72 Å². The molecule has 0 radical (unpaired) electrons. The van der Waals surface area contributed by atoms with Gasteiger partial charge in [0.1, 0.15) is 17.2 Å². The molecule has 3 rings (SSSR count). The van der Waals surface area contributed by atoms with Gasteiger partial charge in [-0.2, -0.15) is 0 Å². The topological polar surface area (TPSA) is 55.4 Å². The van der Waals surface area contributed by atoms with Crippen LogP contribution >= 0.6 is 0 Å². The Labute approximate surface area is 146 Å². The molecule has 7 heteroatoms. The van der Waals surface area contributed by atoms with Crippen LogP contribution in [-0.4, -0.2) is 14.0 Å². The number of thiol groups is 1. The van der Waals surface area contributed by atoms with Crippen LogP contribution in [0.25, 0.3) is 5.57 Å². The molecule has 0 amide bonds. The summed E-state index contributed by atoms with van der Waals surface area (Å²) in [7, 11) is -3.00. The minimum atomic E-state index is -3.00. The van der Waals surface area contributed by atoms with Gasteiger partial charge in [-0.25, -0.2) is 17.2 Å². The van der Waals surface area contributed by atoms with Crippen LogP contribution in [-0.2, 0) is 10.9 Å². The lowest BCUT2D eigenvalue weighted by atomic mass is 9.87. The highest BCUT2D eigenvalue weighted by Crippen LogP contribution is 2.44. The van der Waals surface area contributed by atoms with Gasteiger partial charge in [0.25, 0.3) is 0 Å². The third-order valence-electron chi connectivity index (χ3n) is 3.96. The molecule has 2 aromatic carbocycles. The van der Waals surface area contributed by atoms with E-state index < -0.39 is 22.3 Å².